The fourth-order valence-electron chi connectivity index (χ4n) is 2.77. The Kier molecular flexibility index (Phi) is 4.49. The summed E-state index contributed by atoms with van der Waals surface area (Å²) in [5.41, 5.74) is 1.51. The summed E-state index contributed by atoms with van der Waals surface area (Å²) >= 11 is 0. The summed E-state index contributed by atoms with van der Waals surface area (Å²) in [6.45, 7) is 3.98. The second-order valence-corrected chi connectivity index (χ2v) is 8.15. The van der Waals surface area contributed by atoms with Gasteiger partial charge in [-0.05, 0) is 18.1 Å². The molecule has 0 saturated carbocycles. The molecule has 132 valence electrons. The Morgan fingerprint density at radius 1 is 1.40 bits per heavy atom. The summed E-state index contributed by atoms with van der Waals surface area (Å²) < 4.78 is 25.6. The maximum atomic E-state index is 12.9. The molecule has 1 aliphatic rings. The van der Waals surface area contributed by atoms with E-state index in [1.54, 1.807) is 48.4 Å². The number of nitrogens with one attached hydrogen (secondary N) is 3. The van der Waals surface area contributed by atoms with Crippen LogP contribution < -0.4 is 10.0 Å². The molecule has 7 nitrogen and oxygen atoms in total. The van der Waals surface area contributed by atoms with Crippen LogP contribution in [-0.2, 0) is 17.0 Å². The van der Waals surface area contributed by atoms with Gasteiger partial charge in [0, 0.05) is 42.9 Å². The third-order valence-electron chi connectivity index (χ3n) is 4.14. The van der Waals surface area contributed by atoms with Crippen LogP contribution >= 0.6 is 0 Å². The van der Waals surface area contributed by atoms with Crippen molar-refractivity contribution in [1.29, 1.82) is 4.78 Å². The number of pyridine rings is 1. The summed E-state index contributed by atoms with van der Waals surface area (Å²) in [7, 11) is -1.50. The molecule has 0 spiro atoms. The normalized spacial score (nSPS) is 22.5. The van der Waals surface area contributed by atoms with Crippen LogP contribution in [0.3, 0.4) is 0 Å². The van der Waals surface area contributed by atoms with E-state index < -0.39 is 9.92 Å². The maximum absolute atomic E-state index is 12.9. The molecular formula is C17H21N5O2S. The fraction of sp³-hybridized carbons (Fsp3) is 0.294. The highest BCUT2D eigenvalue weighted by Gasteiger charge is 2.29. The van der Waals surface area contributed by atoms with Crippen molar-refractivity contribution in [2.24, 2.45) is 13.0 Å². The van der Waals surface area contributed by atoms with Crippen LogP contribution in [0.4, 0.5) is 5.69 Å². The van der Waals surface area contributed by atoms with Gasteiger partial charge < -0.3 is 9.88 Å². The second kappa shape index (κ2) is 6.45. The van der Waals surface area contributed by atoms with Crippen LogP contribution in [0.1, 0.15) is 29.9 Å². The van der Waals surface area contributed by atoms with Gasteiger partial charge in [-0.3, -0.25) is 9.78 Å². The van der Waals surface area contributed by atoms with Crippen molar-refractivity contribution in [3.63, 3.8) is 0 Å². The molecule has 0 radical (unpaired) electrons. The summed E-state index contributed by atoms with van der Waals surface area (Å²) in [5.74, 6) is -0.146. The van der Waals surface area contributed by atoms with Crippen LogP contribution in [0.15, 0.2) is 41.7 Å². The van der Waals surface area contributed by atoms with E-state index in [9.17, 15) is 9.00 Å². The van der Waals surface area contributed by atoms with Gasteiger partial charge in [0.05, 0.1) is 4.90 Å². The number of rotatable bonds is 3. The Morgan fingerprint density at radius 3 is 2.72 bits per heavy atom. The first kappa shape index (κ1) is 17.4. The van der Waals surface area contributed by atoms with E-state index in [0.717, 1.165) is 0 Å². The molecule has 1 aliphatic heterocycles. The van der Waals surface area contributed by atoms with E-state index in [1.165, 1.54) is 0 Å². The van der Waals surface area contributed by atoms with Crippen LogP contribution in [-0.4, -0.2) is 25.7 Å². The number of carbonyl (C=O) groups excluding carboxylic acids is 1. The number of nitrogens with zero attached hydrogens (tertiary/aromatic N) is 2. The molecule has 3 rings (SSSR count). The fourth-order valence-corrected chi connectivity index (χ4v) is 4.41. The third kappa shape index (κ3) is 3.35. The Balaban J connectivity index is 2.05. The first-order chi connectivity index (χ1) is 11.8. The van der Waals surface area contributed by atoms with E-state index in [-0.39, 0.29) is 17.9 Å². The van der Waals surface area contributed by atoms with Crippen molar-refractivity contribution < 1.29 is 9.00 Å². The van der Waals surface area contributed by atoms with Crippen molar-refractivity contribution in [2.45, 2.75) is 24.8 Å². The quantitative estimate of drug-likeness (QED) is 0.785. The van der Waals surface area contributed by atoms with E-state index >= 15 is 0 Å². The second-order valence-electron chi connectivity index (χ2n) is 6.36. The van der Waals surface area contributed by atoms with E-state index in [4.69, 9.17) is 4.78 Å². The lowest BCUT2D eigenvalue weighted by molar-refractivity contribution is 0.101. The van der Waals surface area contributed by atoms with Gasteiger partial charge in [0.2, 0.25) is 0 Å². The zero-order chi connectivity index (χ0) is 18.2. The van der Waals surface area contributed by atoms with Crippen molar-refractivity contribution in [3.8, 4) is 0 Å². The van der Waals surface area contributed by atoms with Gasteiger partial charge in [-0.25, -0.2) is 13.7 Å². The highest BCUT2D eigenvalue weighted by molar-refractivity contribution is 7.90. The maximum Gasteiger partial charge on any atom is 0.272 e. The van der Waals surface area contributed by atoms with Crippen LogP contribution in [0.2, 0.25) is 0 Å². The number of aryl methyl sites for hydroxylation is 1. The molecule has 2 aromatic rings. The van der Waals surface area contributed by atoms with E-state index in [2.05, 4.69) is 15.0 Å². The predicted molar refractivity (Wildman–Crippen MR) is 97.5 cm³/mol. The van der Waals surface area contributed by atoms with Crippen molar-refractivity contribution in [3.05, 3.63) is 48.1 Å². The number of carbonyl (C=O) groups is 1. The molecule has 0 bridgehead atoms. The summed E-state index contributed by atoms with van der Waals surface area (Å²) in [6, 6.07) is 3.19. The van der Waals surface area contributed by atoms with Gasteiger partial charge >= 0.3 is 0 Å². The van der Waals surface area contributed by atoms with Crippen molar-refractivity contribution in [2.75, 3.05) is 5.32 Å². The van der Waals surface area contributed by atoms with Gasteiger partial charge in [0.1, 0.15) is 15.6 Å². The molecule has 2 aromatic heterocycles. The lowest BCUT2D eigenvalue weighted by atomic mass is 10.0. The first-order valence-corrected chi connectivity index (χ1v) is 9.50. The standard InChI is InChI=1S/C17H21N5O2S/c1-11(2)14-5-4-13-15(25(18,24)21-14)10-22(3)16(13)17(23)20-12-6-8-19-9-7-12/h4-11,14H,1-3H3,(H2,18,21,24)(H,19,20,23). The lowest BCUT2D eigenvalue weighted by Crippen LogP contribution is -2.35. The molecule has 0 fully saturated rings. The average Bonchev–Trinajstić information content (AvgIpc) is 2.83. The third-order valence-corrected chi connectivity index (χ3v) is 5.69. The number of anilines is 1. The number of amides is 1. The number of hydrogen-bond donors (Lipinski definition) is 3. The zero-order valence-corrected chi connectivity index (χ0v) is 15.1. The molecule has 3 heterocycles. The zero-order valence-electron chi connectivity index (χ0n) is 14.3. The van der Waals surface area contributed by atoms with Crippen molar-refractivity contribution >= 4 is 27.6 Å². The van der Waals surface area contributed by atoms with Gasteiger partial charge in [-0.2, -0.15) is 0 Å². The van der Waals surface area contributed by atoms with Crippen LogP contribution in [0.5, 0.6) is 0 Å². The highest BCUT2D eigenvalue weighted by atomic mass is 32.2. The molecule has 2 unspecified atom stereocenters. The van der Waals surface area contributed by atoms with Gasteiger partial charge in [0.25, 0.3) is 5.91 Å². The van der Waals surface area contributed by atoms with Gasteiger partial charge in [-0.1, -0.05) is 26.0 Å². The minimum atomic E-state index is -3.20. The van der Waals surface area contributed by atoms with E-state index in [0.29, 0.717) is 21.8 Å². The SMILES string of the molecule is CC(C)C1C=Cc2c(cn(C)c2C(=O)Nc2ccncc2)S(=N)(=O)N1. The Bertz CT molecular complexity index is 929. The van der Waals surface area contributed by atoms with Crippen molar-refractivity contribution in [1.82, 2.24) is 14.3 Å². The molecule has 3 N–H and O–H groups in total. The van der Waals surface area contributed by atoms with Crippen LogP contribution in [0, 0.1) is 10.7 Å². The molecule has 0 aromatic carbocycles. The Morgan fingerprint density at radius 2 is 2.08 bits per heavy atom. The summed E-state index contributed by atoms with van der Waals surface area (Å²) in [5, 5.41) is 2.81. The van der Waals surface area contributed by atoms with Crippen LogP contribution in [0.25, 0.3) is 6.08 Å². The Hall–Kier alpha value is -2.45. The Labute approximate surface area is 147 Å². The van der Waals surface area contributed by atoms with Gasteiger partial charge in [-0.15, -0.1) is 0 Å². The molecule has 2 atom stereocenters. The minimum absolute atomic E-state index is 0.175. The topological polar surface area (TPSA) is 99.9 Å². The monoisotopic (exact) mass is 359 g/mol. The molecule has 1 amide bonds. The van der Waals surface area contributed by atoms with E-state index in [1.807, 2.05) is 19.9 Å². The average molecular weight is 359 g/mol. The number of hydrogen-bond acceptors (Lipinski definition) is 4. The summed E-state index contributed by atoms with van der Waals surface area (Å²) in [4.78, 5) is 17.0. The predicted octanol–water partition coefficient (Wildman–Crippen LogP) is 2.63. The number of aromatic nitrogens is 2. The highest BCUT2D eigenvalue weighted by Crippen LogP contribution is 2.28. The lowest BCUT2D eigenvalue weighted by Gasteiger charge is -2.18. The molecule has 0 saturated heterocycles. The molecule has 0 aliphatic carbocycles. The largest absolute Gasteiger partial charge is 0.345 e. The molecule has 8 heteroatoms. The smallest absolute Gasteiger partial charge is 0.272 e. The summed E-state index contributed by atoms with van der Waals surface area (Å²) in [6.07, 6.45) is 8.43. The van der Waals surface area contributed by atoms with Gasteiger partial charge in [0.15, 0.2) is 0 Å². The molecule has 25 heavy (non-hydrogen) atoms. The number of fused-ring (bicyclic) bond motifs is 1. The first-order valence-electron chi connectivity index (χ1n) is 7.94. The molecular weight excluding hydrogens is 338 g/mol. The minimum Gasteiger partial charge on any atom is -0.345 e.